The molecule has 1 aliphatic heterocycles. The molecule has 146 valence electrons. The molecule has 0 radical (unpaired) electrons. The van der Waals surface area contributed by atoms with E-state index in [0.717, 1.165) is 56.8 Å². The second kappa shape index (κ2) is 8.22. The van der Waals surface area contributed by atoms with Crippen molar-refractivity contribution in [2.45, 2.75) is 63.3 Å². The Morgan fingerprint density at radius 2 is 2.15 bits per heavy atom. The number of anilines is 1. The number of aliphatic hydroxyl groups excluding tert-OH is 1. The average molecular weight is 373 g/mol. The van der Waals surface area contributed by atoms with Crippen molar-refractivity contribution in [2.75, 3.05) is 18.0 Å². The van der Waals surface area contributed by atoms with Crippen LogP contribution in [0.2, 0.25) is 0 Å². The van der Waals surface area contributed by atoms with Crippen molar-refractivity contribution in [3.63, 3.8) is 0 Å². The van der Waals surface area contributed by atoms with Crippen LogP contribution >= 0.6 is 0 Å². The summed E-state index contributed by atoms with van der Waals surface area (Å²) in [5.41, 5.74) is -0.137. The molecular weight excluding hydrogens is 346 g/mol. The van der Waals surface area contributed by atoms with Gasteiger partial charge in [-0.15, -0.1) is 0 Å². The van der Waals surface area contributed by atoms with Crippen LogP contribution in [0.1, 0.15) is 50.3 Å². The lowest BCUT2D eigenvalue weighted by atomic mass is 10.0. The largest absolute Gasteiger partial charge is 0.447 e. The first-order valence-corrected chi connectivity index (χ1v) is 9.85. The zero-order chi connectivity index (χ0) is 18.6. The minimum absolute atomic E-state index is 0.137. The summed E-state index contributed by atoms with van der Waals surface area (Å²) in [5, 5.41) is 18.3. The number of piperidine rings is 1. The first-order chi connectivity index (χ1) is 13.2. The Kier molecular flexibility index (Phi) is 5.54. The molecule has 2 N–H and O–H groups in total. The highest BCUT2D eigenvalue weighted by atomic mass is 16.3. The Morgan fingerprint density at radius 1 is 1.22 bits per heavy atom. The molecule has 2 fully saturated rings. The molecule has 0 amide bonds. The lowest BCUT2D eigenvalue weighted by Crippen LogP contribution is -2.46. The van der Waals surface area contributed by atoms with E-state index in [4.69, 9.17) is 4.42 Å². The van der Waals surface area contributed by atoms with Gasteiger partial charge in [-0.2, -0.15) is 5.10 Å². The summed E-state index contributed by atoms with van der Waals surface area (Å²) >= 11 is 0. The van der Waals surface area contributed by atoms with Gasteiger partial charge in [-0.3, -0.25) is 4.79 Å². The predicted octanol–water partition coefficient (Wildman–Crippen LogP) is 1.47. The third-order valence-corrected chi connectivity index (χ3v) is 5.65. The summed E-state index contributed by atoms with van der Waals surface area (Å²) in [7, 11) is 0. The maximum absolute atomic E-state index is 12.3. The molecule has 2 aliphatic rings. The van der Waals surface area contributed by atoms with Gasteiger partial charge in [-0.05, 0) is 44.6 Å². The normalized spacial score (nSPS) is 25.8. The third kappa shape index (κ3) is 4.06. The highest BCUT2D eigenvalue weighted by Crippen LogP contribution is 2.29. The standard InChI is InChI=1S/C19H27N5O3/c25-17-6-3-5-16(17)24-19(26)8-7-18(22-24)23-9-2-1-4-14(23)10-20-11-15-12-21-13-27-15/h7-8,12-14,16-17,20,25H,1-6,9-11H2. The van der Waals surface area contributed by atoms with E-state index in [1.807, 2.05) is 6.07 Å². The quantitative estimate of drug-likeness (QED) is 0.791. The smallest absolute Gasteiger partial charge is 0.267 e. The van der Waals surface area contributed by atoms with Crippen LogP contribution in [0.25, 0.3) is 0 Å². The van der Waals surface area contributed by atoms with E-state index in [0.29, 0.717) is 12.6 Å². The minimum atomic E-state index is -0.480. The summed E-state index contributed by atoms with van der Waals surface area (Å²) in [6, 6.07) is 3.51. The van der Waals surface area contributed by atoms with Gasteiger partial charge in [-0.1, -0.05) is 0 Å². The fourth-order valence-corrected chi connectivity index (χ4v) is 4.22. The summed E-state index contributed by atoms with van der Waals surface area (Å²) in [6.07, 6.45) is 8.53. The van der Waals surface area contributed by atoms with E-state index >= 15 is 0 Å². The number of oxazole rings is 1. The van der Waals surface area contributed by atoms with Gasteiger partial charge in [0, 0.05) is 25.2 Å². The van der Waals surface area contributed by atoms with E-state index in [1.165, 1.54) is 17.5 Å². The molecule has 4 rings (SSSR count). The molecule has 0 aromatic carbocycles. The van der Waals surface area contributed by atoms with E-state index in [2.05, 4.69) is 20.3 Å². The number of hydrogen-bond donors (Lipinski definition) is 2. The topological polar surface area (TPSA) is 96.4 Å². The van der Waals surface area contributed by atoms with E-state index in [9.17, 15) is 9.90 Å². The summed E-state index contributed by atoms with van der Waals surface area (Å²) in [6.45, 7) is 2.38. The number of nitrogens with zero attached hydrogens (tertiary/aromatic N) is 4. The van der Waals surface area contributed by atoms with Crippen LogP contribution in [0.4, 0.5) is 5.82 Å². The minimum Gasteiger partial charge on any atom is -0.447 e. The van der Waals surface area contributed by atoms with Crippen LogP contribution in [0.5, 0.6) is 0 Å². The second-order valence-corrected chi connectivity index (χ2v) is 7.48. The Morgan fingerprint density at radius 3 is 2.93 bits per heavy atom. The van der Waals surface area contributed by atoms with Crippen molar-refractivity contribution in [1.29, 1.82) is 0 Å². The van der Waals surface area contributed by atoms with E-state index in [1.54, 1.807) is 12.3 Å². The van der Waals surface area contributed by atoms with Gasteiger partial charge in [0.1, 0.15) is 11.6 Å². The molecule has 8 heteroatoms. The van der Waals surface area contributed by atoms with Crippen LogP contribution < -0.4 is 15.8 Å². The summed E-state index contributed by atoms with van der Waals surface area (Å²) < 4.78 is 6.77. The molecule has 3 atom stereocenters. The first kappa shape index (κ1) is 18.2. The van der Waals surface area contributed by atoms with Crippen molar-refractivity contribution in [2.24, 2.45) is 0 Å². The monoisotopic (exact) mass is 373 g/mol. The lowest BCUT2D eigenvalue weighted by Gasteiger charge is -2.37. The Hall–Kier alpha value is -2.19. The van der Waals surface area contributed by atoms with Crippen molar-refractivity contribution in [3.8, 4) is 0 Å². The zero-order valence-electron chi connectivity index (χ0n) is 15.5. The maximum Gasteiger partial charge on any atom is 0.267 e. The van der Waals surface area contributed by atoms with Gasteiger partial charge < -0.3 is 19.7 Å². The van der Waals surface area contributed by atoms with Gasteiger partial charge in [0.25, 0.3) is 5.56 Å². The number of aromatic nitrogens is 3. The maximum atomic E-state index is 12.3. The van der Waals surface area contributed by atoms with Crippen LogP contribution in [-0.2, 0) is 6.54 Å². The Labute approximate surface area is 158 Å². The molecule has 3 unspecified atom stereocenters. The van der Waals surface area contributed by atoms with Crippen molar-refractivity contribution in [3.05, 3.63) is 40.8 Å². The third-order valence-electron chi connectivity index (χ3n) is 5.65. The molecule has 8 nitrogen and oxygen atoms in total. The lowest BCUT2D eigenvalue weighted by molar-refractivity contribution is 0.127. The summed E-state index contributed by atoms with van der Waals surface area (Å²) in [4.78, 5) is 18.5. The molecule has 1 aliphatic carbocycles. The Bertz CT molecular complexity index is 791. The molecular formula is C19H27N5O3. The molecule has 2 aromatic rings. The number of rotatable bonds is 6. The number of nitrogens with one attached hydrogen (secondary N) is 1. The fraction of sp³-hybridized carbons (Fsp3) is 0.632. The van der Waals surface area contributed by atoms with Gasteiger partial charge in [0.05, 0.1) is 24.9 Å². The number of hydrogen-bond acceptors (Lipinski definition) is 7. The Balaban J connectivity index is 1.48. The molecule has 2 aromatic heterocycles. The van der Waals surface area contributed by atoms with E-state index in [-0.39, 0.29) is 11.6 Å². The van der Waals surface area contributed by atoms with E-state index < -0.39 is 6.10 Å². The fourth-order valence-electron chi connectivity index (χ4n) is 4.22. The SMILES string of the molecule is O=c1ccc(N2CCCCC2CNCc2cnco2)nn1C1CCCC1O. The van der Waals surface area contributed by atoms with Crippen molar-refractivity contribution < 1.29 is 9.52 Å². The van der Waals surface area contributed by atoms with Crippen LogP contribution in [0.3, 0.4) is 0 Å². The highest BCUT2D eigenvalue weighted by Gasteiger charge is 2.30. The predicted molar refractivity (Wildman–Crippen MR) is 101 cm³/mol. The molecule has 27 heavy (non-hydrogen) atoms. The van der Waals surface area contributed by atoms with Crippen LogP contribution in [0.15, 0.2) is 33.9 Å². The zero-order valence-corrected chi connectivity index (χ0v) is 15.5. The molecule has 1 saturated carbocycles. The van der Waals surface area contributed by atoms with Gasteiger partial charge in [0.15, 0.2) is 6.39 Å². The van der Waals surface area contributed by atoms with Gasteiger partial charge >= 0.3 is 0 Å². The molecule has 1 saturated heterocycles. The summed E-state index contributed by atoms with van der Waals surface area (Å²) in [5.74, 6) is 1.64. The second-order valence-electron chi connectivity index (χ2n) is 7.48. The van der Waals surface area contributed by atoms with Gasteiger partial charge in [0.2, 0.25) is 0 Å². The van der Waals surface area contributed by atoms with Crippen LogP contribution in [0, 0.1) is 0 Å². The first-order valence-electron chi connectivity index (χ1n) is 9.85. The molecule has 0 bridgehead atoms. The van der Waals surface area contributed by atoms with Crippen molar-refractivity contribution in [1.82, 2.24) is 20.1 Å². The number of aliphatic hydroxyl groups is 1. The highest BCUT2D eigenvalue weighted by molar-refractivity contribution is 5.39. The van der Waals surface area contributed by atoms with Crippen LogP contribution in [-0.4, -0.2) is 45.1 Å². The van der Waals surface area contributed by atoms with Crippen molar-refractivity contribution >= 4 is 5.82 Å². The molecule has 3 heterocycles. The average Bonchev–Trinajstić information content (AvgIpc) is 3.35. The van der Waals surface area contributed by atoms with Gasteiger partial charge in [-0.25, -0.2) is 9.67 Å². The molecule has 0 spiro atoms.